The lowest BCUT2D eigenvalue weighted by Crippen LogP contribution is -2.60. The Balaban J connectivity index is 1.23. The number of aromatic nitrogens is 1. The van der Waals surface area contributed by atoms with Gasteiger partial charge in [-0.2, -0.15) is 0 Å². The number of nitrogens with one attached hydrogen (secondary N) is 3. The number of carbonyl (C=O) groups excluding carboxylic acids is 5. The van der Waals surface area contributed by atoms with Crippen LogP contribution in [0.25, 0.3) is 10.8 Å². The highest BCUT2D eigenvalue weighted by Crippen LogP contribution is 2.48. The van der Waals surface area contributed by atoms with Crippen LogP contribution in [0.4, 0.5) is 5.69 Å². The SMILES string of the molecule is C[C@@H]1CCC=C[C@@H]2C[C@@]2(C(=O)NS(=O)(=O)C2(C)CC2)NC(=O)[C@@H]2C[C@@H](Oc3nccc4c5c(ccc34)N(C)CCO5)CN2C(=O)[C@@H](NC(=O)C(=O)N(C)C)[C@H](C)C1. The van der Waals surface area contributed by atoms with Gasteiger partial charge in [0.15, 0.2) is 5.75 Å². The van der Waals surface area contributed by atoms with Crippen LogP contribution in [-0.4, -0.2) is 122 Å². The predicted octanol–water partition coefficient (Wildman–Crippen LogP) is 1.87. The maximum Gasteiger partial charge on any atom is 0.311 e. The molecule has 5 aliphatic rings. The molecule has 1 aromatic carbocycles. The van der Waals surface area contributed by atoms with Crippen LogP contribution in [0.5, 0.6) is 11.6 Å². The maximum absolute atomic E-state index is 14.8. The van der Waals surface area contributed by atoms with E-state index in [4.69, 9.17) is 9.47 Å². The van der Waals surface area contributed by atoms with Crippen molar-refractivity contribution in [1.29, 1.82) is 0 Å². The number of likely N-dealkylation sites (N-methyl/N-ethyl adjacent to an activating group) is 2. The Hall–Kier alpha value is -4.93. The van der Waals surface area contributed by atoms with E-state index in [0.717, 1.165) is 28.9 Å². The van der Waals surface area contributed by atoms with E-state index >= 15 is 0 Å². The number of hydrogen-bond donors (Lipinski definition) is 3. The second-order valence-electron chi connectivity index (χ2n) is 17.0. The number of hydrogen-bond acceptors (Lipinski definition) is 11. The van der Waals surface area contributed by atoms with Gasteiger partial charge in [-0.3, -0.25) is 28.7 Å². The molecule has 3 aliphatic heterocycles. The molecular weight excluding hydrogens is 755 g/mol. The van der Waals surface area contributed by atoms with Crippen molar-refractivity contribution in [2.75, 3.05) is 45.7 Å². The monoisotopic (exact) mass is 807 g/mol. The number of nitrogens with zero attached hydrogens (tertiary/aromatic N) is 4. The number of amides is 5. The van der Waals surface area contributed by atoms with Crippen LogP contribution in [0.15, 0.2) is 36.5 Å². The van der Waals surface area contributed by atoms with Gasteiger partial charge in [-0.05, 0) is 75.5 Å². The Morgan fingerprint density at radius 3 is 2.56 bits per heavy atom. The zero-order valence-corrected chi connectivity index (χ0v) is 34.2. The minimum Gasteiger partial charge on any atom is -0.489 e. The fraction of sp³-hybridized carbons (Fsp3) is 0.600. The van der Waals surface area contributed by atoms with Crippen LogP contribution >= 0.6 is 0 Å². The molecule has 16 nitrogen and oxygen atoms in total. The first kappa shape index (κ1) is 40.3. The molecule has 1 saturated heterocycles. The van der Waals surface area contributed by atoms with Crippen molar-refractivity contribution in [2.45, 2.75) is 94.2 Å². The fourth-order valence-electron chi connectivity index (χ4n) is 8.30. The molecule has 3 fully saturated rings. The third-order valence-corrected chi connectivity index (χ3v) is 14.5. The molecule has 57 heavy (non-hydrogen) atoms. The number of benzene rings is 1. The van der Waals surface area contributed by atoms with E-state index in [1.165, 1.54) is 19.0 Å². The number of carbonyl (C=O) groups is 5. The number of pyridine rings is 1. The molecular formula is C40H53N7O9S. The summed E-state index contributed by atoms with van der Waals surface area (Å²) in [5.41, 5.74) is -0.636. The van der Waals surface area contributed by atoms with Gasteiger partial charge in [-0.25, -0.2) is 13.4 Å². The van der Waals surface area contributed by atoms with Gasteiger partial charge in [-0.1, -0.05) is 26.0 Å². The first-order valence-corrected chi connectivity index (χ1v) is 21.2. The van der Waals surface area contributed by atoms with Crippen LogP contribution in [0, 0.1) is 17.8 Å². The van der Waals surface area contributed by atoms with Crippen LogP contribution in [0.3, 0.4) is 0 Å². The normalized spacial score (nSPS) is 29.6. The minimum atomic E-state index is -4.02. The standard InChI is InChI=1S/C40H53N7O9S/c1-23-9-7-8-10-25-21-40(25,38(52)44-57(53,54)39(3)14-15-39)43-33(48)30-20-26(22-47(30)36(50)31(24(2)19-23)42-34(49)37(51)45(4)5)56-35-28-11-12-29-32(27(28)13-16-41-35)55-18-17-46(29)6/h8,10-13,16,23-26,30-31H,7,9,14-15,17-22H2,1-6H3,(H,42,49)(H,43,48)(H,44,52)/t23-,24-,25-,26-,30+,31+,40-/m1/s1. The van der Waals surface area contributed by atoms with Crippen molar-refractivity contribution in [3.8, 4) is 11.6 Å². The fourth-order valence-corrected chi connectivity index (χ4v) is 9.61. The topological polar surface area (TPSA) is 197 Å². The van der Waals surface area contributed by atoms with Crippen LogP contribution in [-0.2, 0) is 34.0 Å². The first-order chi connectivity index (χ1) is 26.9. The van der Waals surface area contributed by atoms with E-state index in [1.54, 1.807) is 13.1 Å². The third-order valence-electron chi connectivity index (χ3n) is 12.3. The molecule has 0 radical (unpaired) electrons. The summed E-state index contributed by atoms with van der Waals surface area (Å²) in [4.78, 5) is 78.4. The Morgan fingerprint density at radius 2 is 1.84 bits per heavy atom. The van der Waals surface area contributed by atoms with Gasteiger partial charge in [-0.15, -0.1) is 0 Å². The van der Waals surface area contributed by atoms with Gasteiger partial charge in [0.1, 0.15) is 30.3 Å². The summed E-state index contributed by atoms with van der Waals surface area (Å²) >= 11 is 0. The lowest BCUT2D eigenvalue weighted by molar-refractivity contribution is -0.148. The molecule has 2 aliphatic carbocycles. The zero-order valence-electron chi connectivity index (χ0n) is 33.4. The predicted molar refractivity (Wildman–Crippen MR) is 211 cm³/mol. The largest absolute Gasteiger partial charge is 0.489 e. The van der Waals surface area contributed by atoms with E-state index in [-0.39, 0.29) is 31.2 Å². The Bertz CT molecular complexity index is 2120. The minimum absolute atomic E-state index is 0.00350. The van der Waals surface area contributed by atoms with Gasteiger partial charge in [0.2, 0.25) is 27.7 Å². The maximum atomic E-state index is 14.8. The molecule has 4 heterocycles. The second kappa shape index (κ2) is 15.1. The second-order valence-corrected chi connectivity index (χ2v) is 19.2. The summed E-state index contributed by atoms with van der Waals surface area (Å²) in [5, 5.41) is 7.03. The molecule has 7 atom stereocenters. The lowest BCUT2D eigenvalue weighted by atomic mass is 9.87. The van der Waals surface area contributed by atoms with E-state index < -0.39 is 79.9 Å². The third kappa shape index (κ3) is 7.74. The molecule has 1 aromatic heterocycles. The summed E-state index contributed by atoms with van der Waals surface area (Å²) < 4.78 is 40.2. The van der Waals surface area contributed by atoms with Gasteiger partial charge in [0.25, 0.3) is 5.91 Å². The summed E-state index contributed by atoms with van der Waals surface area (Å²) in [6.07, 6.45) is 7.54. The van der Waals surface area contributed by atoms with E-state index in [9.17, 15) is 32.4 Å². The molecule has 3 N–H and O–H groups in total. The van der Waals surface area contributed by atoms with Crippen molar-refractivity contribution in [1.82, 2.24) is 30.1 Å². The highest BCUT2D eigenvalue weighted by molar-refractivity contribution is 7.91. The average molecular weight is 808 g/mol. The molecule has 2 aromatic rings. The number of allylic oxidation sites excluding steroid dienone is 1. The van der Waals surface area contributed by atoms with Crippen molar-refractivity contribution in [3.05, 3.63) is 36.5 Å². The highest BCUT2D eigenvalue weighted by atomic mass is 32.2. The number of fused-ring (bicyclic) bond motifs is 5. The number of anilines is 1. The number of rotatable bonds is 6. The Kier molecular flexibility index (Phi) is 10.7. The van der Waals surface area contributed by atoms with Gasteiger partial charge in [0, 0.05) is 50.5 Å². The van der Waals surface area contributed by atoms with Crippen LogP contribution in [0.1, 0.15) is 65.7 Å². The van der Waals surface area contributed by atoms with Gasteiger partial charge in [0.05, 0.1) is 23.5 Å². The first-order valence-electron chi connectivity index (χ1n) is 19.7. The molecule has 7 rings (SSSR count). The zero-order chi connectivity index (χ0) is 41.0. The van der Waals surface area contributed by atoms with Crippen LogP contribution < -0.4 is 29.7 Å². The highest BCUT2D eigenvalue weighted by Gasteiger charge is 2.63. The Morgan fingerprint density at radius 1 is 1.09 bits per heavy atom. The van der Waals surface area contributed by atoms with Crippen molar-refractivity contribution in [3.63, 3.8) is 0 Å². The van der Waals surface area contributed by atoms with Gasteiger partial charge >= 0.3 is 11.8 Å². The molecule has 0 unspecified atom stereocenters. The molecule has 5 amide bonds. The molecule has 17 heteroatoms. The number of ether oxygens (including phenoxy) is 2. The molecule has 308 valence electrons. The van der Waals surface area contributed by atoms with E-state index in [1.807, 2.05) is 51.2 Å². The summed E-state index contributed by atoms with van der Waals surface area (Å²) in [6, 6.07) is 3.30. The average Bonchev–Trinajstić information content (AvgIpc) is 4.05. The Labute approximate surface area is 333 Å². The van der Waals surface area contributed by atoms with E-state index in [2.05, 4.69) is 25.2 Å². The van der Waals surface area contributed by atoms with Crippen molar-refractivity contribution >= 4 is 56.0 Å². The summed E-state index contributed by atoms with van der Waals surface area (Å²) in [5.74, 6) is -3.70. The lowest BCUT2D eigenvalue weighted by Gasteiger charge is -2.33. The molecule has 0 bridgehead atoms. The van der Waals surface area contributed by atoms with Crippen LogP contribution in [0.2, 0.25) is 0 Å². The van der Waals surface area contributed by atoms with Gasteiger partial charge < -0.3 is 34.8 Å². The molecule has 2 saturated carbocycles. The smallest absolute Gasteiger partial charge is 0.311 e. The summed E-state index contributed by atoms with van der Waals surface area (Å²) in [6.45, 7) is 6.62. The van der Waals surface area contributed by atoms with Crippen molar-refractivity contribution in [2.24, 2.45) is 17.8 Å². The van der Waals surface area contributed by atoms with E-state index in [0.29, 0.717) is 43.4 Å². The molecule has 0 spiro atoms. The number of sulfonamides is 1. The quantitative estimate of drug-likeness (QED) is 0.285. The summed E-state index contributed by atoms with van der Waals surface area (Å²) in [7, 11) is 0.848. The van der Waals surface area contributed by atoms with Crippen molar-refractivity contribution < 1.29 is 41.9 Å².